The van der Waals surface area contributed by atoms with Gasteiger partial charge in [-0.15, -0.1) is 12.4 Å². The Bertz CT molecular complexity index is 478. The topological polar surface area (TPSA) is 88.2 Å². The van der Waals surface area contributed by atoms with Gasteiger partial charge in [-0.3, -0.25) is 4.79 Å². The second kappa shape index (κ2) is 9.08. The SMILES string of the molecule is Cc1cccc(NC(=O)C(O)[C@H](N)CC2CCCCC2)n1.Cl. The van der Waals surface area contributed by atoms with Crippen LogP contribution in [0.4, 0.5) is 5.82 Å². The van der Waals surface area contributed by atoms with Gasteiger partial charge in [-0.05, 0) is 31.4 Å². The number of carbonyl (C=O) groups excluding carboxylic acids is 1. The van der Waals surface area contributed by atoms with Crippen LogP contribution in [0.5, 0.6) is 0 Å². The molecule has 0 radical (unpaired) electrons. The summed E-state index contributed by atoms with van der Waals surface area (Å²) in [5, 5.41) is 12.7. The largest absolute Gasteiger partial charge is 0.382 e. The molecule has 1 fully saturated rings. The number of nitrogens with zero attached hydrogens (tertiary/aromatic N) is 1. The number of hydrogen-bond acceptors (Lipinski definition) is 4. The van der Waals surface area contributed by atoms with Crippen LogP contribution in [0.3, 0.4) is 0 Å². The molecule has 1 unspecified atom stereocenters. The normalized spacial score (nSPS) is 18.1. The Balaban J connectivity index is 0.00000242. The van der Waals surface area contributed by atoms with Crippen LogP contribution in [0.25, 0.3) is 0 Å². The highest BCUT2D eigenvalue weighted by Crippen LogP contribution is 2.27. The molecule has 0 bridgehead atoms. The number of carbonyl (C=O) groups is 1. The molecule has 4 N–H and O–H groups in total. The molecule has 22 heavy (non-hydrogen) atoms. The fourth-order valence-corrected chi connectivity index (χ4v) is 2.94. The average molecular weight is 328 g/mol. The molecule has 1 aliphatic rings. The van der Waals surface area contributed by atoms with E-state index in [4.69, 9.17) is 5.73 Å². The highest BCUT2D eigenvalue weighted by Gasteiger charge is 2.26. The number of hydrogen-bond donors (Lipinski definition) is 3. The van der Waals surface area contributed by atoms with E-state index in [2.05, 4.69) is 10.3 Å². The minimum absolute atomic E-state index is 0. The number of nitrogens with one attached hydrogen (secondary N) is 1. The molecule has 2 rings (SSSR count). The molecule has 1 aliphatic carbocycles. The number of halogens is 1. The standard InChI is InChI=1S/C16H25N3O2.ClH/c1-11-6-5-9-14(18-11)19-16(21)15(20)13(17)10-12-7-3-2-4-8-12;/h5-6,9,12-13,15,20H,2-4,7-8,10,17H2,1H3,(H,18,19,21);1H/t13-,15?;/m1./s1. The molecular formula is C16H26ClN3O2. The van der Waals surface area contributed by atoms with Crippen LogP contribution in [-0.4, -0.2) is 28.1 Å². The second-order valence-electron chi connectivity index (χ2n) is 6.00. The molecular weight excluding hydrogens is 302 g/mol. The molecule has 0 spiro atoms. The maximum absolute atomic E-state index is 12.0. The summed E-state index contributed by atoms with van der Waals surface area (Å²) in [4.78, 5) is 16.2. The van der Waals surface area contributed by atoms with E-state index in [1.165, 1.54) is 19.3 Å². The van der Waals surface area contributed by atoms with Gasteiger partial charge in [0.2, 0.25) is 0 Å². The van der Waals surface area contributed by atoms with Crippen molar-refractivity contribution >= 4 is 24.1 Å². The van der Waals surface area contributed by atoms with Crippen molar-refractivity contribution in [3.05, 3.63) is 23.9 Å². The summed E-state index contributed by atoms with van der Waals surface area (Å²) in [5.41, 5.74) is 6.81. The van der Waals surface area contributed by atoms with Gasteiger partial charge < -0.3 is 16.2 Å². The van der Waals surface area contributed by atoms with Crippen molar-refractivity contribution < 1.29 is 9.90 Å². The lowest BCUT2D eigenvalue weighted by Gasteiger charge is -2.26. The van der Waals surface area contributed by atoms with Crippen LogP contribution >= 0.6 is 12.4 Å². The van der Waals surface area contributed by atoms with Crippen LogP contribution in [0, 0.1) is 12.8 Å². The Labute approximate surface area is 138 Å². The van der Waals surface area contributed by atoms with Gasteiger partial charge in [0.25, 0.3) is 5.91 Å². The predicted octanol–water partition coefficient (Wildman–Crippen LogP) is 2.41. The molecule has 124 valence electrons. The van der Waals surface area contributed by atoms with Gasteiger partial charge in [-0.25, -0.2) is 4.98 Å². The maximum Gasteiger partial charge on any atom is 0.255 e. The third-order valence-corrected chi connectivity index (χ3v) is 4.14. The van der Waals surface area contributed by atoms with Gasteiger partial charge in [-0.2, -0.15) is 0 Å². The fourth-order valence-electron chi connectivity index (χ4n) is 2.94. The third kappa shape index (κ3) is 5.55. The Morgan fingerprint density at radius 3 is 2.73 bits per heavy atom. The summed E-state index contributed by atoms with van der Waals surface area (Å²) in [5.74, 6) is 0.508. The van der Waals surface area contributed by atoms with Gasteiger partial charge >= 0.3 is 0 Å². The van der Waals surface area contributed by atoms with Gasteiger partial charge in [-0.1, -0.05) is 38.2 Å². The summed E-state index contributed by atoms with van der Waals surface area (Å²) in [6.45, 7) is 1.85. The Morgan fingerprint density at radius 1 is 1.41 bits per heavy atom. The van der Waals surface area contributed by atoms with Crippen molar-refractivity contribution in [2.75, 3.05) is 5.32 Å². The zero-order valence-corrected chi connectivity index (χ0v) is 13.8. The zero-order chi connectivity index (χ0) is 15.2. The number of aliphatic hydroxyl groups excluding tert-OH is 1. The zero-order valence-electron chi connectivity index (χ0n) is 13.0. The lowest BCUT2D eigenvalue weighted by Crippen LogP contribution is -2.44. The first-order valence-electron chi connectivity index (χ1n) is 7.74. The molecule has 0 aliphatic heterocycles. The van der Waals surface area contributed by atoms with E-state index >= 15 is 0 Å². The van der Waals surface area contributed by atoms with E-state index < -0.39 is 18.1 Å². The molecule has 1 aromatic heterocycles. The molecule has 1 amide bonds. The van der Waals surface area contributed by atoms with Crippen molar-refractivity contribution in [2.24, 2.45) is 11.7 Å². The minimum atomic E-state index is -1.19. The van der Waals surface area contributed by atoms with Crippen LogP contribution < -0.4 is 11.1 Å². The summed E-state index contributed by atoms with van der Waals surface area (Å²) < 4.78 is 0. The van der Waals surface area contributed by atoms with Crippen molar-refractivity contribution in [2.45, 2.75) is 57.6 Å². The van der Waals surface area contributed by atoms with Gasteiger partial charge in [0.05, 0.1) is 0 Å². The van der Waals surface area contributed by atoms with E-state index in [1.807, 2.05) is 19.1 Å². The Kier molecular flexibility index (Phi) is 7.79. The number of amides is 1. The van der Waals surface area contributed by atoms with E-state index in [1.54, 1.807) is 6.07 Å². The summed E-state index contributed by atoms with van der Waals surface area (Å²) in [6, 6.07) is 4.84. The molecule has 0 aromatic carbocycles. The van der Waals surface area contributed by atoms with Crippen LogP contribution in [-0.2, 0) is 4.79 Å². The van der Waals surface area contributed by atoms with E-state index in [0.29, 0.717) is 18.2 Å². The van der Waals surface area contributed by atoms with Gasteiger partial charge in [0.15, 0.2) is 0 Å². The Morgan fingerprint density at radius 2 is 2.09 bits per heavy atom. The molecule has 0 saturated heterocycles. The van der Waals surface area contributed by atoms with Gasteiger partial charge in [0.1, 0.15) is 11.9 Å². The first kappa shape index (κ1) is 18.9. The van der Waals surface area contributed by atoms with E-state index in [0.717, 1.165) is 18.5 Å². The number of anilines is 1. The fraction of sp³-hybridized carbons (Fsp3) is 0.625. The average Bonchev–Trinajstić information content (AvgIpc) is 2.47. The molecule has 5 nitrogen and oxygen atoms in total. The first-order chi connectivity index (χ1) is 10.1. The number of nitrogens with two attached hydrogens (primary N) is 1. The van der Waals surface area contributed by atoms with E-state index in [-0.39, 0.29) is 12.4 Å². The number of aliphatic hydroxyl groups is 1. The number of aryl methyl sites for hydroxylation is 1. The molecule has 1 heterocycles. The lowest BCUT2D eigenvalue weighted by atomic mass is 9.84. The van der Waals surface area contributed by atoms with Crippen molar-refractivity contribution in [3.8, 4) is 0 Å². The van der Waals surface area contributed by atoms with Crippen LogP contribution in [0.15, 0.2) is 18.2 Å². The lowest BCUT2D eigenvalue weighted by molar-refractivity contribution is -0.125. The van der Waals surface area contributed by atoms with Crippen molar-refractivity contribution in [3.63, 3.8) is 0 Å². The van der Waals surface area contributed by atoms with Gasteiger partial charge in [0, 0.05) is 11.7 Å². The monoisotopic (exact) mass is 327 g/mol. The number of aromatic nitrogens is 1. The summed E-state index contributed by atoms with van der Waals surface area (Å²) in [6.07, 6.45) is 5.57. The molecule has 1 saturated carbocycles. The first-order valence-corrected chi connectivity index (χ1v) is 7.74. The summed E-state index contributed by atoms with van der Waals surface area (Å²) >= 11 is 0. The second-order valence-corrected chi connectivity index (χ2v) is 6.00. The number of pyridine rings is 1. The highest BCUT2D eigenvalue weighted by atomic mass is 35.5. The molecule has 2 atom stereocenters. The Hall–Kier alpha value is -1.17. The maximum atomic E-state index is 12.0. The van der Waals surface area contributed by atoms with E-state index in [9.17, 15) is 9.90 Å². The summed E-state index contributed by atoms with van der Waals surface area (Å²) in [7, 11) is 0. The minimum Gasteiger partial charge on any atom is -0.382 e. The molecule has 1 aromatic rings. The van der Waals surface area contributed by atoms with Crippen molar-refractivity contribution in [1.82, 2.24) is 4.98 Å². The van der Waals surface area contributed by atoms with Crippen molar-refractivity contribution in [1.29, 1.82) is 0 Å². The van der Waals surface area contributed by atoms with Crippen LogP contribution in [0.2, 0.25) is 0 Å². The smallest absolute Gasteiger partial charge is 0.255 e. The quantitative estimate of drug-likeness (QED) is 0.775. The molecule has 6 heteroatoms. The predicted molar refractivity (Wildman–Crippen MR) is 90.0 cm³/mol. The number of rotatable bonds is 5. The third-order valence-electron chi connectivity index (χ3n) is 4.14. The highest BCUT2D eigenvalue weighted by molar-refractivity contribution is 5.93. The van der Waals surface area contributed by atoms with Crippen LogP contribution in [0.1, 0.15) is 44.2 Å².